The Morgan fingerprint density at radius 2 is 2.11 bits per heavy atom. The topological polar surface area (TPSA) is 75.4 Å². The maximum Gasteiger partial charge on any atom is 0.224 e. The van der Waals surface area contributed by atoms with Crippen molar-refractivity contribution in [3.05, 3.63) is 0 Å². The van der Waals surface area contributed by atoms with Crippen molar-refractivity contribution in [1.29, 1.82) is 0 Å². The molecule has 0 aromatic carbocycles. The summed E-state index contributed by atoms with van der Waals surface area (Å²) in [4.78, 5) is 12.2. The highest BCUT2D eigenvalue weighted by Crippen LogP contribution is 2.25. The number of rotatable bonds is 4. The van der Waals surface area contributed by atoms with E-state index in [4.69, 9.17) is 5.73 Å². The van der Waals surface area contributed by atoms with Gasteiger partial charge in [-0.3, -0.25) is 4.79 Å². The number of nitrogens with two attached hydrogens (primary N) is 1. The van der Waals surface area contributed by atoms with Crippen LogP contribution < -0.4 is 11.1 Å². The molecule has 0 saturated heterocycles. The Balaban J connectivity index is 2.46. The fourth-order valence-corrected chi connectivity index (χ4v) is 2.64. The van der Waals surface area contributed by atoms with Crippen LogP contribution in [-0.2, 0) is 4.79 Å². The van der Waals surface area contributed by atoms with Gasteiger partial charge in [-0.1, -0.05) is 20.8 Å². The first kappa shape index (κ1) is 15.4. The lowest BCUT2D eigenvalue weighted by atomic mass is 9.84. The predicted octanol–water partition coefficient (Wildman–Crippen LogP) is 1.42. The van der Waals surface area contributed by atoms with Crippen LogP contribution in [0.4, 0.5) is 0 Å². The van der Waals surface area contributed by atoms with Gasteiger partial charge in [-0.05, 0) is 37.5 Å². The van der Waals surface area contributed by atoms with Crippen molar-refractivity contribution < 1.29 is 9.90 Å². The zero-order valence-corrected chi connectivity index (χ0v) is 11.9. The van der Waals surface area contributed by atoms with Crippen LogP contribution in [0.15, 0.2) is 0 Å². The SMILES string of the molecule is CC(C)(C)CC(CN)C(=O)NC1CCCC(O)C1. The predicted molar refractivity (Wildman–Crippen MR) is 73.0 cm³/mol. The van der Waals surface area contributed by atoms with Crippen molar-refractivity contribution in [2.75, 3.05) is 6.54 Å². The summed E-state index contributed by atoms with van der Waals surface area (Å²) in [6.07, 6.45) is 4.02. The molecule has 106 valence electrons. The van der Waals surface area contributed by atoms with Gasteiger partial charge < -0.3 is 16.2 Å². The van der Waals surface area contributed by atoms with E-state index in [1.807, 2.05) is 0 Å². The van der Waals surface area contributed by atoms with Gasteiger partial charge in [0.05, 0.1) is 12.0 Å². The third-order valence-corrected chi connectivity index (χ3v) is 3.51. The molecule has 1 rings (SSSR count). The molecule has 1 fully saturated rings. The van der Waals surface area contributed by atoms with Crippen LogP contribution in [0.1, 0.15) is 52.9 Å². The van der Waals surface area contributed by atoms with Gasteiger partial charge in [0.25, 0.3) is 0 Å². The fourth-order valence-electron chi connectivity index (χ4n) is 2.64. The molecule has 0 heterocycles. The molecule has 0 bridgehead atoms. The van der Waals surface area contributed by atoms with Crippen LogP contribution in [0.3, 0.4) is 0 Å². The van der Waals surface area contributed by atoms with Gasteiger partial charge in [-0.25, -0.2) is 0 Å². The molecule has 4 nitrogen and oxygen atoms in total. The average Bonchev–Trinajstić information content (AvgIpc) is 2.24. The van der Waals surface area contributed by atoms with Crippen LogP contribution in [0, 0.1) is 11.3 Å². The number of hydrogen-bond donors (Lipinski definition) is 3. The summed E-state index contributed by atoms with van der Waals surface area (Å²) >= 11 is 0. The Bertz CT molecular complexity index is 273. The molecular weight excluding hydrogens is 228 g/mol. The zero-order chi connectivity index (χ0) is 13.8. The van der Waals surface area contributed by atoms with Crippen molar-refractivity contribution in [3.8, 4) is 0 Å². The molecule has 0 spiro atoms. The van der Waals surface area contributed by atoms with Crippen molar-refractivity contribution in [1.82, 2.24) is 5.32 Å². The van der Waals surface area contributed by atoms with Crippen molar-refractivity contribution >= 4 is 5.91 Å². The summed E-state index contributed by atoms with van der Waals surface area (Å²) in [6.45, 7) is 6.74. The average molecular weight is 256 g/mol. The van der Waals surface area contributed by atoms with Gasteiger partial charge in [0, 0.05) is 12.6 Å². The summed E-state index contributed by atoms with van der Waals surface area (Å²) in [7, 11) is 0. The minimum atomic E-state index is -0.261. The number of amides is 1. The lowest BCUT2D eigenvalue weighted by Gasteiger charge is -2.30. The highest BCUT2D eigenvalue weighted by Gasteiger charge is 2.27. The van der Waals surface area contributed by atoms with E-state index >= 15 is 0 Å². The Morgan fingerprint density at radius 1 is 1.44 bits per heavy atom. The van der Waals surface area contributed by atoms with E-state index < -0.39 is 0 Å². The first-order chi connectivity index (χ1) is 8.31. The van der Waals surface area contributed by atoms with Crippen LogP contribution in [-0.4, -0.2) is 29.7 Å². The van der Waals surface area contributed by atoms with E-state index in [0.717, 1.165) is 25.7 Å². The molecule has 3 atom stereocenters. The van der Waals surface area contributed by atoms with Crippen LogP contribution >= 0.6 is 0 Å². The molecule has 4 N–H and O–H groups in total. The number of nitrogens with one attached hydrogen (secondary N) is 1. The first-order valence-electron chi connectivity index (χ1n) is 7.00. The van der Waals surface area contributed by atoms with Crippen molar-refractivity contribution in [3.63, 3.8) is 0 Å². The highest BCUT2D eigenvalue weighted by molar-refractivity contribution is 5.79. The van der Waals surface area contributed by atoms with Gasteiger partial charge >= 0.3 is 0 Å². The maximum atomic E-state index is 12.2. The van der Waals surface area contributed by atoms with Crippen LogP contribution in [0.5, 0.6) is 0 Å². The van der Waals surface area contributed by atoms with Gasteiger partial charge in [-0.2, -0.15) is 0 Å². The lowest BCUT2D eigenvalue weighted by Crippen LogP contribution is -2.45. The third kappa shape index (κ3) is 5.36. The van der Waals surface area contributed by atoms with E-state index in [9.17, 15) is 9.90 Å². The first-order valence-corrected chi connectivity index (χ1v) is 7.00. The molecule has 4 heteroatoms. The smallest absolute Gasteiger partial charge is 0.224 e. The number of carbonyl (C=O) groups excluding carboxylic acids is 1. The summed E-state index contributed by atoms with van der Waals surface area (Å²) in [6, 6.07) is 0.121. The van der Waals surface area contributed by atoms with E-state index in [2.05, 4.69) is 26.1 Å². The van der Waals surface area contributed by atoms with Gasteiger partial charge in [0.15, 0.2) is 0 Å². The van der Waals surface area contributed by atoms with Crippen LogP contribution in [0.2, 0.25) is 0 Å². The second-order valence-corrected chi connectivity index (χ2v) is 6.72. The minimum absolute atomic E-state index is 0.0477. The minimum Gasteiger partial charge on any atom is -0.393 e. The van der Waals surface area contributed by atoms with E-state index in [1.165, 1.54) is 0 Å². The molecule has 1 amide bonds. The lowest BCUT2D eigenvalue weighted by molar-refractivity contribution is -0.126. The normalized spacial score (nSPS) is 26.7. The number of aliphatic hydroxyl groups excluding tert-OH is 1. The molecule has 1 saturated carbocycles. The summed E-state index contributed by atoms with van der Waals surface area (Å²) in [5.41, 5.74) is 5.81. The molecule has 3 unspecified atom stereocenters. The maximum absolute atomic E-state index is 12.2. The second-order valence-electron chi connectivity index (χ2n) is 6.72. The van der Waals surface area contributed by atoms with Gasteiger partial charge in [0.2, 0.25) is 5.91 Å². The quantitative estimate of drug-likeness (QED) is 0.712. The highest BCUT2D eigenvalue weighted by atomic mass is 16.3. The van der Waals surface area contributed by atoms with E-state index in [-0.39, 0.29) is 29.4 Å². The zero-order valence-electron chi connectivity index (χ0n) is 11.9. The molecule has 18 heavy (non-hydrogen) atoms. The van der Waals surface area contributed by atoms with E-state index in [1.54, 1.807) is 0 Å². The largest absolute Gasteiger partial charge is 0.393 e. The Hall–Kier alpha value is -0.610. The fraction of sp³-hybridized carbons (Fsp3) is 0.929. The summed E-state index contributed by atoms with van der Waals surface area (Å²) in [5, 5.41) is 12.6. The Kier molecular flexibility index (Phi) is 5.60. The molecule has 0 aromatic heterocycles. The summed E-state index contributed by atoms with van der Waals surface area (Å²) < 4.78 is 0. The molecular formula is C14H28N2O2. The number of hydrogen-bond acceptors (Lipinski definition) is 3. The van der Waals surface area contributed by atoms with Crippen molar-refractivity contribution in [2.45, 2.75) is 65.0 Å². The van der Waals surface area contributed by atoms with Crippen LogP contribution in [0.25, 0.3) is 0 Å². The Labute approximate surface area is 110 Å². The van der Waals surface area contributed by atoms with E-state index in [0.29, 0.717) is 13.0 Å². The molecule has 0 radical (unpaired) electrons. The number of aliphatic hydroxyl groups is 1. The second kappa shape index (κ2) is 6.53. The molecule has 0 aromatic rings. The summed E-state index contributed by atoms with van der Waals surface area (Å²) in [5.74, 6) is -0.0735. The molecule has 1 aliphatic carbocycles. The third-order valence-electron chi connectivity index (χ3n) is 3.51. The Morgan fingerprint density at radius 3 is 2.61 bits per heavy atom. The molecule has 0 aliphatic heterocycles. The van der Waals surface area contributed by atoms with Gasteiger partial charge in [-0.15, -0.1) is 0 Å². The van der Waals surface area contributed by atoms with Crippen molar-refractivity contribution in [2.24, 2.45) is 17.1 Å². The monoisotopic (exact) mass is 256 g/mol. The van der Waals surface area contributed by atoms with Gasteiger partial charge in [0.1, 0.15) is 0 Å². The standard InChI is InChI=1S/C14H28N2O2/c1-14(2,3)8-10(9-15)13(18)16-11-5-4-6-12(17)7-11/h10-12,17H,4-9,15H2,1-3H3,(H,16,18). The molecule has 1 aliphatic rings. The number of carbonyl (C=O) groups is 1.